The standard InChI is InChI=1S/C13H26N2/c1-3-14-12-5-4-6-13(12)15-9-7-11(2)8-10-15/h11-14H,3-10H2,1-2H3. The van der Waals surface area contributed by atoms with Crippen LogP contribution in [-0.4, -0.2) is 36.6 Å². The molecule has 1 aliphatic carbocycles. The van der Waals surface area contributed by atoms with Crippen molar-refractivity contribution >= 4 is 0 Å². The highest BCUT2D eigenvalue weighted by atomic mass is 15.2. The zero-order valence-corrected chi connectivity index (χ0v) is 10.3. The van der Waals surface area contributed by atoms with Crippen molar-refractivity contribution in [2.45, 2.75) is 58.0 Å². The van der Waals surface area contributed by atoms with Crippen LogP contribution in [0.15, 0.2) is 0 Å². The number of nitrogens with zero attached hydrogens (tertiary/aromatic N) is 1. The van der Waals surface area contributed by atoms with Gasteiger partial charge in [0.15, 0.2) is 0 Å². The van der Waals surface area contributed by atoms with Crippen LogP contribution in [0.1, 0.15) is 46.0 Å². The highest BCUT2D eigenvalue weighted by Crippen LogP contribution is 2.28. The molecule has 0 radical (unpaired) electrons. The fourth-order valence-corrected chi connectivity index (χ4v) is 3.24. The maximum Gasteiger partial charge on any atom is 0.0249 e. The summed E-state index contributed by atoms with van der Waals surface area (Å²) in [4.78, 5) is 2.75. The van der Waals surface area contributed by atoms with Gasteiger partial charge in [0.1, 0.15) is 0 Å². The summed E-state index contributed by atoms with van der Waals surface area (Å²) in [5, 5.41) is 3.66. The first-order valence-electron chi connectivity index (χ1n) is 6.78. The van der Waals surface area contributed by atoms with E-state index in [2.05, 4.69) is 24.1 Å². The molecule has 0 bridgehead atoms. The van der Waals surface area contributed by atoms with Crippen LogP contribution in [0.5, 0.6) is 0 Å². The topological polar surface area (TPSA) is 15.3 Å². The smallest absolute Gasteiger partial charge is 0.0249 e. The molecule has 0 spiro atoms. The molecule has 2 rings (SSSR count). The zero-order valence-electron chi connectivity index (χ0n) is 10.3. The van der Waals surface area contributed by atoms with Crippen molar-refractivity contribution in [2.24, 2.45) is 5.92 Å². The van der Waals surface area contributed by atoms with Crippen LogP contribution in [0.4, 0.5) is 0 Å². The van der Waals surface area contributed by atoms with Gasteiger partial charge in [0.05, 0.1) is 0 Å². The van der Waals surface area contributed by atoms with Crippen molar-refractivity contribution in [3.8, 4) is 0 Å². The zero-order chi connectivity index (χ0) is 10.7. The van der Waals surface area contributed by atoms with Crippen LogP contribution in [-0.2, 0) is 0 Å². The highest BCUT2D eigenvalue weighted by Gasteiger charge is 2.32. The van der Waals surface area contributed by atoms with Crippen molar-refractivity contribution in [3.63, 3.8) is 0 Å². The molecule has 0 aromatic carbocycles. The Hall–Kier alpha value is -0.0800. The minimum absolute atomic E-state index is 0.781. The number of piperidine rings is 1. The summed E-state index contributed by atoms with van der Waals surface area (Å²) in [7, 11) is 0. The normalized spacial score (nSPS) is 34.8. The third-order valence-corrected chi connectivity index (χ3v) is 4.23. The van der Waals surface area contributed by atoms with Crippen molar-refractivity contribution in [1.29, 1.82) is 0 Å². The minimum atomic E-state index is 0.781. The van der Waals surface area contributed by atoms with Crippen LogP contribution in [0.3, 0.4) is 0 Å². The molecular formula is C13H26N2. The first kappa shape index (κ1) is 11.4. The number of rotatable bonds is 3. The van der Waals surface area contributed by atoms with Crippen LogP contribution in [0.2, 0.25) is 0 Å². The number of hydrogen-bond donors (Lipinski definition) is 1. The Morgan fingerprint density at radius 2 is 1.87 bits per heavy atom. The predicted octanol–water partition coefficient (Wildman–Crippen LogP) is 2.25. The van der Waals surface area contributed by atoms with Crippen LogP contribution >= 0.6 is 0 Å². The molecule has 1 saturated carbocycles. The van der Waals surface area contributed by atoms with E-state index in [0.717, 1.165) is 24.5 Å². The fourth-order valence-electron chi connectivity index (χ4n) is 3.24. The van der Waals surface area contributed by atoms with Crippen molar-refractivity contribution in [3.05, 3.63) is 0 Å². The van der Waals surface area contributed by atoms with E-state index in [4.69, 9.17) is 0 Å². The third-order valence-electron chi connectivity index (χ3n) is 4.23. The van der Waals surface area contributed by atoms with E-state index in [-0.39, 0.29) is 0 Å². The molecule has 1 heterocycles. The quantitative estimate of drug-likeness (QED) is 0.768. The van der Waals surface area contributed by atoms with E-state index >= 15 is 0 Å². The lowest BCUT2D eigenvalue weighted by molar-refractivity contribution is 0.123. The summed E-state index contributed by atoms with van der Waals surface area (Å²) in [6.45, 7) is 8.44. The average molecular weight is 210 g/mol. The molecule has 2 nitrogen and oxygen atoms in total. The van der Waals surface area contributed by atoms with Gasteiger partial charge in [0.25, 0.3) is 0 Å². The largest absolute Gasteiger partial charge is 0.313 e. The lowest BCUT2D eigenvalue weighted by Gasteiger charge is -2.37. The van der Waals surface area contributed by atoms with Crippen molar-refractivity contribution < 1.29 is 0 Å². The molecule has 0 amide bonds. The molecule has 88 valence electrons. The Morgan fingerprint density at radius 3 is 2.53 bits per heavy atom. The Morgan fingerprint density at radius 1 is 1.13 bits per heavy atom. The van der Waals surface area contributed by atoms with Gasteiger partial charge in [0, 0.05) is 12.1 Å². The maximum absolute atomic E-state index is 3.66. The molecule has 2 unspecified atom stereocenters. The fraction of sp³-hybridized carbons (Fsp3) is 1.00. The number of nitrogens with one attached hydrogen (secondary N) is 1. The van der Waals surface area contributed by atoms with Gasteiger partial charge >= 0.3 is 0 Å². The van der Waals surface area contributed by atoms with Gasteiger partial charge in [-0.15, -0.1) is 0 Å². The first-order chi connectivity index (χ1) is 7.31. The Balaban J connectivity index is 1.86. The molecule has 2 heteroatoms. The second-order valence-corrected chi connectivity index (χ2v) is 5.38. The van der Waals surface area contributed by atoms with E-state index in [0.29, 0.717) is 0 Å². The Kier molecular flexibility index (Phi) is 4.04. The average Bonchev–Trinajstić information content (AvgIpc) is 2.68. The van der Waals surface area contributed by atoms with Crippen molar-refractivity contribution in [1.82, 2.24) is 10.2 Å². The van der Waals surface area contributed by atoms with Gasteiger partial charge < -0.3 is 5.32 Å². The molecule has 2 aliphatic rings. The van der Waals surface area contributed by atoms with Gasteiger partial charge in [-0.1, -0.05) is 20.3 Å². The van der Waals surface area contributed by atoms with Crippen LogP contribution < -0.4 is 5.32 Å². The van der Waals surface area contributed by atoms with Gasteiger partial charge in [0.2, 0.25) is 0 Å². The first-order valence-corrected chi connectivity index (χ1v) is 6.78. The lowest BCUT2D eigenvalue weighted by atomic mass is 9.97. The van der Waals surface area contributed by atoms with Gasteiger partial charge in [-0.05, 0) is 51.2 Å². The SMILES string of the molecule is CCNC1CCCC1N1CCC(C)CC1. The number of hydrogen-bond acceptors (Lipinski definition) is 2. The molecule has 1 N–H and O–H groups in total. The summed E-state index contributed by atoms with van der Waals surface area (Å²) in [6.07, 6.45) is 7.07. The molecule has 1 aliphatic heterocycles. The summed E-state index contributed by atoms with van der Waals surface area (Å²) >= 11 is 0. The highest BCUT2D eigenvalue weighted by molar-refractivity contribution is 4.91. The lowest BCUT2D eigenvalue weighted by Crippen LogP contribution is -2.49. The van der Waals surface area contributed by atoms with Crippen LogP contribution in [0, 0.1) is 5.92 Å². The molecule has 2 atom stereocenters. The van der Waals surface area contributed by atoms with E-state index in [1.54, 1.807) is 0 Å². The molecule has 2 fully saturated rings. The molecular weight excluding hydrogens is 184 g/mol. The maximum atomic E-state index is 3.66. The van der Waals surface area contributed by atoms with Gasteiger partial charge in [-0.2, -0.15) is 0 Å². The molecule has 15 heavy (non-hydrogen) atoms. The van der Waals surface area contributed by atoms with Gasteiger partial charge in [-0.3, -0.25) is 4.90 Å². The summed E-state index contributed by atoms with van der Waals surface area (Å²) in [5.74, 6) is 0.959. The summed E-state index contributed by atoms with van der Waals surface area (Å²) in [5.41, 5.74) is 0. The van der Waals surface area contributed by atoms with Crippen LogP contribution in [0.25, 0.3) is 0 Å². The van der Waals surface area contributed by atoms with E-state index < -0.39 is 0 Å². The van der Waals surface area contributed by atoms with E-state index in [1.165, 1.54) is 45.2 Å². The summed E-state index contributed by atoms with van der Waals surface area (Å²) in [6, 6.07) is 1.63. The second kappa shape index (κ2) is 5.31. The number of likely N-dealkylation sites (tertiary alicyclic amines) is 1. The molecule has 1 saturated heterocycles. The minimum Gasteiger partial charge on any atom is -0.313 e. The summed E-state index contributed by atoms with van der Waals surface area (Å²) < 4.78 is 0. The monoisotopic (exact) mass is 210 g/mol. The second-order valence-electron chi connectivity index (χ2n) is 5.38. The Labute approximate surface area is 94.4 Å². The molecule has 0 aromatic rings. The Bertz CT molecular complexity index is 185. The van der Waals surface area contributed by atoms with E-state index in [9.17, 15) is 0 Å². The number of likely N-dealkylation sites (N-methyl/N-ethyl adjacent to an activating group) is 1. The van der Waals surface area contributed by atoms with Crippen molar-refractivity contribution in [2.75, 3.05) is 19.6 Å². The van der Waals surface area contributed by atoms with Gasteiger partial charge in [-0.25, -0.2) is 0 Å². The third kappa shape index (κ3) is 2.73. The molecule has 0 aromatic heterocycles. The predicted molar refractivity (Wildman–Crippen MR) is 65.1 cm³/mol. The van der Waals surface area contributed by atoms with E-state index in [1.807, 2.05) is 0 Å².